The van der Waals surface area contributed by atoms with Crippen molar-refractivity contribution in [1.82, 2.24) is 9.88 Å². The topological polar surface area (TPSA) is 59.2 Å². The van der Waals surface area contributed by atoms with Crippen LogP contribution in [0.1, 0.15) is 16.8 Å². The van der Waals surface area contributed by atoms with E-state index in [2.05, 4.69) is 17.1 Å². The van der Waals surface area contributed by atoms with E-state index in [4.69, 9.17) is 5.73 Å². The fourth-order valence-electron chi connectivity index (χ4n) is 1.75. The van der Waals surface area contributed by atoms with Gasteiger partial charge < -0.3 is 10.6 Å². The second-order valence-corrected chi connectivity index (χ2v) is 5.48. The summed E-state index contributed by atoms with van der Waals surface area (Å²) in [5.41, 5.74) is 8.63. The van der Waals surface area contributed by atoms with Gasteiger partial charge in [0.05, 0.1) is 12.1 Å². The summed E-state index contributed by atoms with van der Waals surface area (Å²) in [4.78, 5) is 17.9. The van der Waals surface area contributed by atoms with Crippen molar-refractivity contribution >= 4 is 22.4 Å². The van der Waals surface area contributed by atoms with Crippen LogP contribution in [0.4, 0.5) is 5.13 Å². The number of thiazole rings is 1. The summed E-state index contributed by atoms with van der Waals surface area (Å²) in [5, 5.41) is 2.33. The molecule has 0 atom stereocenters. The number of likely N-dealkylation sites (N-methyl/N-ethyl adjacent to an activating group) is 1. The van der Waals surface area contributed by atoms with Crippen molar-refractivity contribution in [2.24, 2.45) is 0 Å². The van der Waals surface area contributed by atoms with Gasteiger partial charge in [-0.05, 0) is 12.5 Å². The lowest BCUT2D eigenvalue weighted by atomic mass is 10.1. The molecule has 100 valence electrons. The minimum Gasteiger partial charge on any atom is -0.375 e. The van der Waals surface area contributed by atoms with E-state index in [1.54, 1.807) is 11.9 Å². The second kappa shape index (κ2) is 5.84. The molecule has 2 aromatic rings. The fourth-order valence-corrected chi connectivity index (χ4v) is 2.31. The molecule has 2 rings (SSSR count). The number of benzene rings is 1. The van der Waals surface area contributed by atoms with Crippen LogP contribution in [-0.4, -0.2) is 22.8 Å². The first-order valence-corrected chi connectivity index (χ1v) is 6.92. The van der Waals surface area contributed by atoms with Gasteiger partial charge in [0.1, 0.15) is 0 Å². The second-order valence-electron chi connectivity index (χ2n) is 4.59. The van der Waals surface area contributed by atoms with Crippen LogP contribution in [0.5, 0.6) is 0 Å². The van der Waals surface area contributed by atoms with Crippen molar-refractivity contribution in [1.29, 1.82) is 0 Å². The lowest BCUT2D eigenvalue weighted by Crippen LogP contribution is -2.27. The zero-order valence-electron chi connectivity index (χ0n) is 11.1. The van der Waals surface area contributed by atoms with Crippen molar-refractivity contribution < 1.29 is 4.79 Å². The molecular weight excluding hydrogens is 258 g/mol. The highest BCUT2D eigenvalue weighted by Gasteiger charge is 2.12. The van der Waals surface area contributed by atoms with Crippen molar-refractivity contribution in [2.45, 2.75) is 19.9 Å². The number of aromatic nitrogens is 1. The average Bonchev–Trinajstić information content (AvgIpc) is 2.77. The Bertz CT molecular complexity index is 562. The summed E-state index contributed by atoms with van der Waals surface area (Å²) in [7, 11) is 1.80. The van der Waals surface area contributed by atoms with Crippen LogP contribution >= 0.6 is 11.3 Å². The smallest absolute Gasteiger partial charge is 0.228 e. The van der Waals surface area contributed by atoms with Gasteiger partial charge in [-0.2, -0.15) is 0 Å². The molecule has 0 fully saturated rings. The molecule has 5 heteroatoms. The van der Waals surface area contributed by atoms with Crippen LogP contribution < -0.4 is 5.73 Å². The van der Waals surface area contributed by atoms with Gasteiger partial charge in [0.2, 0.25) is 5.91 Å². The van der Waals surface area contributed by atoms with Crippen molar-refractivity contribution in [3.8, 4) is 0 Å². The summed E-state index contributed by atoms with van der Waals surface area (Å²) in [6, 6.07) is 8.18. The Balaban J connectivity index is 1.94. The number of hydrogen-bond donors (Lipinski definition) is 1. The maximum atomic E-state index is 12.0. The molecule has 19 heavy (non-hydrogen) atoms. The molecule has 1 heterocycles. The maximum Gasteiger partial charge on any atom is 0.228 e. The Kier molecular flexibility index (Phi) is 4.16. The van der Waals surface area contributed by atoms with Crippen LogP contribution in [0.25, 0.3) is 0 Å². The number of amides is 1. The molecule has 4 nitrogen and oxygen atoms in total. The Morgan fingerprint density at radius 2 is 2.05 bits per heavy atom. The molecule has 0 saturated carbocycles. The number of nitrogens with zero attached hydrogens (tertiary/aromatic N) is 2. The van der Waals surface area contributed by atoms with Crippen LogP contribution in [0.2, 0.25) is 0 Å². The number of carbonyl (C=O) groups excluding carboxylic acids is 1. The zero-order valence-corrected chi connectivity index (χ0v) is 11.9. The lowest BCUT2D eigenvalue weighted by molar-refractivity contribution is -0.129. The number of rotatable bonds is 4. The highest BCUT2D eigenvalue weighted by Crippen LogP contribution is 2.13. The Labute approximate surface area is 116 Å². The first-order valence-electron chi connectivity index (χ1n) is 6.04. The maximum absolute atomic E-state index is 12.0. The van der Waals surface area contributed by atoms with E-state index in [-0.39, 0.29) is 5.91 Å². The largest absolute Gasteiger partial charge is 0.375 e. The minimum absolute atomic E-state index is 0.0471. The van der Waals surface area contributed by atoms with Gasteiger partial charge in [-0.25, -0.2) is 4.98 Å². The van der Waals surface area contributed by atoms with E-state index < -0.39 is 0 Å². The SMILES string of the molecule is Cc1ccc(CN(C)C(=O)Cc2csc(N)n2)cc1. The monoisotopic (exact) mass is 275 g/mol. The van der Waals surface area contributed by atoms with Crippen LogP contribution in [-0.2, 0) is 17.8 Å². The predicted molar refractivity (Wildman–Crippen MR) is 77.9 cm³/mol. The molecule has 2 N–H and O–H groups in total. The minimum atomic E-state index is 0.0471. The van der Waals surface area contributed by atoms with Gasteiger partial charge >= 0.3 is 0 Å². The molecule has 1 amide bonds. The summed E-state index contributed by atoms with van der Waals surface area (Å²) < 4.78 is 0. The van der Waals surface area contributed by atoms with E-state index >= 15 is 0 Å². The van der Waals surface area contributed by atoms with Gasteiger partial charge in [0.25, 0.3) is 0 Å². The van der Waals surface area contributed by atoms with Crippen LogP contribution in [0.3, 0.4) is 0 Å². The Hall–Kier alpha value is -1.88. The standard InChI is InChI=1S/C14H17N3OS/c1-10-3-5-11(6-4-10)8-17(2)13(18)7-12-9-19-14(15)16-12/h3-6,9H,7-8H2,1-2H3,(H2,15,16). The number of nitrogen functional groups attached to an aromatic ring is 1. The first-order chi connectivity index (χ1) is 9.04. The molecular formula is C14H17N3OS. The third-order valence-electron chi connectivity index (χ3n) is 2.87. The third-order valence-corrected chi connectivity index (χ3v) is 3.59. The molecule has 0 aliphatic rings. The van der Waals surface area contributed by atoms with Crippen LogP contribution in [0, 0.1) is 6.92 Å². The summed E-state index contributed by atoms with van der Waals surface area (Å²) in [6.45, 7) is 2.66. The van der Waals surface area contributed by atoms with Crippen molar-refractivity contribution in [2.75, 3.05) is 12.8 Å². The highest BCUT2D eigenvalue weighted by atomic mass is 32.1. The molecule has 0 aliphatic carbocycles. The summed E-state index contributed by atoms with van der Waals surface area (Å²) in [6.07, 6.45) is 0.302. The molecule has 0 bridgehead atoms. The normalized spacial score (nSPS) is 10.4. The predicted octanol–water partition coefficient (Wildman–Crippen LogP) is 2.23. The number of carbonyl (C=O) groups is 1. The van der Waals surface area contributed by atoms with Gasteiger partial charge in [-0.3, -0.25) is 4.79 Å². The van der Waals surface area contributed by atoms with E-state index in [1.807, 2.05) is 24.4 Å². The molecule has 1 aromatic heterocycles. The molecule has 0 radical (unpaired) electrons. The third kappa shape index (κ3) is 3.79. The van der Waals surface area contributed by atoms with E-state index in [1.165, 1.54) is 16.9 Å². The Morgan fingerprint density at radius 3 is 2.63 bits per heavy atom. The number of aryl methyl sites for hydroxylation is 1. The highest BCUT2D eigenvalue weighted by molar-refractivity contribution is 7.13. The lowest BCUT2D eigenvalue weighted by Gasteiger charge is -2.16. The molecule has 0 unspecified atom stereocenters. The molecule has 0 saturated heterocycles. The number of hydrogen-bond acceptors (Lipinski definition) is 4. The van der Waals surface area contributed by atoms with Crippen molar-refractivity contribution in [3.63, 3.8) is 0 Å². The molecule has 1 aromatic carbocycles. The van der Waals surface area contributed by atoms with Gasteiger partial charge in [0.15, 0.2) is 5.13 Å². The van der Waals surface area contributed by atoms with E-state index in [0.717, 1.165) is 11.3 Å². The van der Waals surface area contributed by atoms with E-state index in [0.29, 0.717) is 18.1 Å². The quantitative estimate of drug-likeness (QED) is 0.931. The number of anilines is 1. The average molecular weight is 275 g/mol. The van der Waals surface area contributed by atoms with Gasteiger partial charge in [0, 0.05) is 19.0 Å². The molecule has 0 aliphatic heterocycles. The van der Waals surface area contributed by atoms with Gasteiger partial charge in [-0.15, -0.1) is 11.3 Å². The van der Waals surface area contributed by atoms with Crippen LogP contribution in [0.15, 0.2) is 29.6 Å². The van der Waals surface area contributed by atoms with E-state index in [9.17, 15) is 4.79 Å². The zero-order chi connectivity index (χ0) is 13.8. The van der Waals surface area contributed by atoms with Gasteiger partial charge in [-0.1, -0.05) is 29.8 Å². The van der Waals surface area contributed by atoms with Crippen molar-refractivity contribution in [3.05, 3.63) is 46.5 Å². The first kappa shape index (κ1) is 13.5. The summed E-state index contributed by atoms with van der Waals surface area (Å²) in [5.74, 6) is 0.0471. The molecule has 0 spiro atoms. The fraction of sp³-hybridized carbons (Fsp3) is 0.286. The summed E-state index contributed by atoms with van der Waals surface area (Å²) >= 11 is 1.36. The number of nitrogens with two attached hydrogens (primary N) is 1. The Morgan fingerprint density at radius 1 is 1.37 bits per heavy atom.